The predicted molar refractivity (Wildman–Crippen MR) is 95.2 cm³/mol. The number of hydrogen-bond acceptors (Lipinski definition) is 5. The highest BCUT2D eigenvalue weighted by molar-refractivity contribution is 7.15. The average molecular weight is 359 g/mol. The Kier molecular flexibility index (Phi) is 4.87. The van der Waals surface area contributed by atoms with Crippen molar-refractivity contribution in [2.24, 2.45) is 0 Å². The lowest BCUT2D eigenvalue weighted by Crippen LogP contribution is -2.23. The molecule has 24 heavy (non-hydrogen) atoms. The van der Waals surface area contributed by atoms with Crippen LogP contribution < -0.4 is 5.32 Å². The van der Waals surface area contributed by atoms with Gasteiger partial charge in [-0.2, -0.15) is 0 Å². The van der Waals surface area contributed by atoms with E-state index in [1.54, 1.807) is 6.20 Å². The molecule has 1 amide bonds. The second-order valence-corrected chi connectivity index (χ2v) is 6.72. The van der Waals surface area contributed by atoms with Crippen molar-refractivity contribution in [3.63, 3.8) is 0 Å². The Morgan fingerprint density at radius 2 is 2.00 bits per heavy atom. The normalized spacial score (nSPS) is 10.6. The molecule has 0 aliphatic heterocycles. The number of thiazole rings is 1. The fourth-order valence-electron chi connectivity index (χ4n) is 2.10. The molecule has 3 rings (SSSR count). The zero-order chi connectivity index (χ0) is 17.1. The first-order chi connectivity index (χ1) is 11.5. The molecule has 0 unspecified atom stereocenters. The summed E-state index contributed by atoms with van der Waals surface area (Å²) in [7, 11) is 0. The second-order valence-electron chi connectivity index (χ2n) is 5.23. The molecular weight excluding hydrogens is 344 g/mol. The molecule has 122 valence electrons. The summed E-state index contributed by atoms with van der Waals surface area (Å²) < 4.78 is 0. The van der Waals surface area contributed by atoms with Crippen LogP contribution in [0.15, 0.2) is 36.7 Å². The summed E-state index contributed by atoms with van der Waals surface area (Å²) in [6.45, 7) is 4.14. The van der Waals surface area contributed by atoms with Crippen LogP contribution in [0.5, 0.6) is 0 Å². The fraction of sp³-hybridized carbons (Fsp3) is 0.176. The minimum Gasteiger partial charge on any atom is -0.346 e. The standard InChI is InChI=1S/C17H15ClN4OS/c1-10-7-20-14(8-19-10)16(23)21-9-15-11(2)22-17(24-15)12-5-3-4-6-13(12)18/h3-8H,9H2,1-2H3,(H,21,23). The monoisotopic (exact) mass is 358 g/mol. The van der Waals surface area contributed by atoms with E-state index in [4.69, 9.17) is 11.6 Å². The van der Waals surface area contributed by atoms with Gasteiger partial charge in [-0.3, -0.25) is 9.78 Å². The first-order valence-corrected chi connectivity index (χ1v) is 8.52. The van der Waals surface area contributed by atoms with E-state index in [0.717, 1.165) is 26.8 Å². The van der Waals surface area contributed by atoms with Gasteiger partial charge >= 0.3 is 0 Å². The van der Waals surface area contributed by atoms with Gasteiger partial charge in [0.15, 0.2) is 0 Å². The molecule has 0 bridgehead atoms. The Morgan fingerprint density at radius 3 is 2.71 bits per heavy atom. The van der Waals surface area contributed by atoms with Crippen LogP contribution in [0.25, 0.3) is 10.6 Å². The zero-order valence-corrected chi connectivity index (χ0v) is 14.8. The third-order valence-corrected chi connectivity index (χ3v) is 4.94. The molecule has 0 radical (unpaired) electrons. The first kappa shape index (κ1) is 16.5. The maximum absolute atomic E-state index is 12.1. The van der Waals surface area contributed by atoms with Gasteiger partial charge < -0.3 is 5.32 Å². The largest absolute Gasteiger partial charge is 0.346 e. The molecule has 2 aromatic heterocycles. The van der Waals surface area contributed by atoms with E-state index < -0.39 is 0 Å². The van der Waals surface area contributed by atoms with Crippen LogP contribution in [0, 0.1) is 13.8 Å². The van der Waals surface area contributed by atoms with Crippen molar-refractivity contribution in [1.29, 1.82) is 0 Å². The van der Waals surface area contributed by atoms with E-state index in [-0.39, 0.29) is 5.91 Å². The molecule has 1 aromatic carbocycles. The van der Waals surface area contributed by atoms with Crippen molar-refractivity contribution in [1.82, 2.24) is 20.3 Å². The summed E-state index contributed by atoms with van der Waals surface area (Å²) in [5, 5.41) is 4.36. The number of nitrogens with one attached hydrogen (secondary N) is 1. The summed E-state index contributed by atoms with van der Waals surface area (Å²) >= 11 is 7.74. The Labute approximate surface area is 148 Å². The van der Waals surface area contributed by atoms with Crippen LogP contribution in [-0.4, -0.2) is 20.9 Å². The summed E-state index contributed by atoms with van der Waals surface area (Å²) in [6, 6.07) is 7.58. The maximum Gasteiger partial charge on any atom is 0.271 e. The topological polar surface area (TPSA) is 67.8 Å². The van der Waals surface area contributed by atoms with Crippen LogP contribution in [0.4, 0.5) is 0 Å². The highest BCUT2D eigenvalue weighted by Crippen LogP contribution is 2.32. The Morgan fingerprint density at radius 1 is 1.21 bits per heavy atom. The Bertz CT molecular complexity index is 877. The molecule has 2 heterocycles. The van der Waals surface area contributed by atoms with Crippen molar-refractivity contribution in [2.75, 3.05) is 0 Å². The van der Waals surface area contributed by atoms with Crippen molar-refractivity contribution >= 4 is 28.8 Å². The van der Waals surface area contributed by atoms with Gasteiger partial charge in [0.2, 0.25) is 0 Å². The van der Waals surface area contributed by atoms with Crippen LogP contribution in [0.1, 0.15) is 26.8 Å². The van der Waals surface area contributed by atoms with Crippen LogP contribution in [0.2, 0.25) is 5.02 Å². The van der Waals surface area contributed by atoms with E-state index in [0.29, 0.717) is 17.3 Å². The third kappa shape index (κ3) is 3.60. The van der Waals surface area contributed by atoms with Crippen LogP contribution in [0.3, 0.4) is 0 Å². The van der Waals surface area contributed by atoms with Gasteiger partial charge in [-0.25, -0.2) is 9.97 Å². The fourth-order valence-corrected chi connectivity index (χ4v) is 3.43. The van der Waals surface area contributed by atoms with Gasteiger partial charge in [0, 0.05) is 16.6 Å². The highest BCUT2D eigenvalue weighted by Gasteiger charge is 2.13. The van der Waals surface area contributed by atoms with E-state index in [1.807, 2.05) is 38.1 Å². The third-order valence-electron chi connectivity index (χ3n) is 3.42. The van der Waals surface area contributed by atoms with E-state index in [2.05, 4.69) is 20.3 Å². The molecule has 0 fully saturated rings. The maximum atomic E-state index is 12.1. The number of aromatic nitrogens is 3. The number of hydrogen-bond donors (Lipinski definition) is 1. The van der Waals surface area contributed by atoms with Crippen LogP contribution in [-0.2, 0) is 6.54 Å². The smallest absolute Gasteiger partial charge is 0.271 e. The van der Waals surface area contributed by atoms with E-state index in [1.165, 1.54) is 17.5 Å². The summed E-state index contributed by atoms with van der Waals surface area (Å²) in [4.78, 5) is 25.8. The van der Waals surface area contributed by atoms with Crippen molar-refractivity contribution in [2.45, 2.75) is 20.4 Å². The minimum atomic E-state index is -0.255. The first-order valence-electron chi connectivity index (χ1n) is 7.32. The average Bonchev–Trinajstić information content (AvgIpc) is 2.94. The quantitative estimate of drug-likeness (QED) is 0.770. The molecule has 0 saturated heterocycles. The predicted octanol–water partition coefficient (Wildman–Crippen LogP) is 3.80. The van der Waals surface area contributed by atoms with Crippen molar-refractivity contribution in [3.8, 4) is 10.6 Å². The zero-order valence-electron chi connectivity index (χ0n) is 13.2. The Hall–Kier alpha value is -2.31. The number of halogens is 1. The summed E-state index contributed by atoms with van der Waals surface area (Å²) in [5.74, 6) is -0.255. The molecule has 1 N–H and O–H groups in total. The number of rotatable bonds is 4. The van der Waals surface area contributed by atoms with Gasteiger partial charge in [0.05, 0.1) is 29.2 Å². The Balaban J connectivity index is 1.73. The lowest BCUT2D eigenvalue weighted by molar-refractivity contribution is 0.0946. The van der Waals surface area contributed by atoms with Gasteiger partial charge in [-0.05, 0) is 19.9 Å². The van der Waals surface area contributed by atoms with E-state index >= 15 is 0 Å². The van der Waals surface area contributed by atoms with Gasteiger partial charge in [-0.15, -0.1) is 11.3 Å². The molecule has 5 nitrogen and oxygen atoms in total. The molecular formula is C17H15ClN4OS. The molecule has 0 atom stereocenters. The lowest BCUT2D eigenvalue weighted by atomic mass is 10.2. The number of nitrogens with zero attached hydrogens (tertiary/aromatic N) is 3. The van der Waals surface area contributed by atoms with Gasteiger partial charge in [0.25, 0.3) is 5.91 Å². The van der Waals surface area contributed by atoms with Crippen molar-refractivity contribution in [3.05, 3.63) is 63.6 Å². The number of amides is 1. The SMILES string of the molecule is Cc1cnc(C(=O)NCc2sc(-c3ccccc3Cl)nc2C)cn1. The van der Waals surface area contributed by atoms with E-state index in [9.17, 15) is 4.79 Å². The summed E-state index contributed by atoms with van der Waals surface area (Å²) in [5.41, 5.74) is 2.85. The second kappa shape index (κ2) is 7.07. The number of benzene rings is 1. The number of aryl methyl sites for hydroxylation is 2. The summed E-state index contributed by atoms with van der Waals surface area (Å²) in [6.07, 6.45) is 3.04. The van der Waals surface area contributed by atoms with Crippen LogP contribution >= 0.6 is 22.9 Å². The lowest BCUT2D eigenvalue weighted by Gasteiger charge is -2.03. The molecule has 0 saturated carbocycles. The minimum absolute atomic E-state index is 0.255. The molecule has 0 spiro atoms. The molecule has 7 heteroatoms. The van der Waals surface area contributed by atoms with Gasteiger partial charge in [-0.1, -0.05) is 29.8 Å². The number of carbonyl (C=O) groups is 1. The number of carbonyl (C=O) groups excluding carboxylic acids is 1. The molecule has 0 aliphatic carbocycles. The molecule has 3 aromatic rings. The van der Waals surface area contributed by atoms with Crippen molar-refractivity contribution < 1.29 is 4.79 Å². The highest BCUT2D eigenvalue weighted by atomic mass is 35.5. The molecule has 0 aliphatic rings. The van der Waals surface area contributed by atoms with Gasteiger partial charge in [0.1, 0.15) is 10.7 Å².